The van der Waals surface area contributed by atoms with Crippen molar-refractivity contribution >= 4 is 23.4 Å². The van der Waals surface area contributed by atoms with Gasteiger partial charge < -0.3 is 4.74 Å². The molecule has 0 aliphatic heterocycles. The Bertz CT molecular complexity index is 227. The van der Waals surface area contributed by atoms with Crippen molar-refractivity contribution in [3.8, 4) is 0 Å². The highest BCUT2D eigenvalue weighted by Crippen LogP contribution is 2.21. The minimum atomic E-state index is -0.654. The third-order valence-corrected chi connectivity index (χ3v) is 2.89. The molecule has 0 unspecified atom stereocenters. The first-order chi connectivity index (χ1) is 6.61. The molecule has 1 rings (SSSR count). The van der Waals surface area contributed by atoms with E-state index in [0.717, 1.165) is 19.3 Å². The van der Waals surface area contributed by atoms with Crippen molar-refractivity contribution in [2.24, 2.45) is 0 Å². The maximum absolute atomic E-state index is 11.4. The molecule has 3 nitrogen and oxygen atoms in total. The highest BCUT2D eigenvalue weighted by atomic mass is 35.5. The van der Waals surface area contributed by atoms with Gasteiger partial charge in [0.2, 0.25) is 0 Å². The lowest BCUT2D eigenvalue weighted by Gasteiger charge is -2.23. The first-order valence-corrected chi connectivity index (χ1v) is 5.39. The molecule has 0 amide bonds. The van der Waals surface area contributed by atoms with Crippen molar-refractivity contribution < 1.29 is 14.3 Å². The van der Waals surface area contributed by atoms with Crippen molar-refractivity contribution in [1.82, 2.24) is 0 Å². The fraction of sp³-hybridized carbons (Fsp3) is 0.800. The van der Waals surface area contributed by atoms with E-state index in [-0.39, 0.29) is 11.8 Å². The first kappa shape index (κ1) is 11.5. The van der Waals surface area contributed by atoms with Crippen molar-refractivity contribution in [1.29, 1.82) is 0 Å². The first-order valence-electron chi connectivity index (χ1n) is 4.95. The Labute approximate surface area is 88.8 Å². The lowest BCUT2D eigenvalue weighted by Crippen LogP contribution is -2.34. The van der Waals surface area contributed by atoms with Crippen LogP contribution in [0, 0.1) is 0 Å². The topological polar surface area (TPSA) is 43.4 Å². The van der Waals surface area contributed by atoms with E-state index in [1.54, 1.807) is 0 Å². The predicted molar refractivity (Wildman–Crippen MR) is 53.3 cm³/mol. The summed E-state index contributed by atoms with van der Waals surface area (Å²) in [7, 11) is 0. The van der Waals surface area contributed by atoms with E-state index in [9.17, 15) is 9.59 Å². The SMILES string of the molecule is CC(=O)O[C@H]1CCCCCC(=O)[C@@H]1Cl. The summed E-state index contributed by atoms with van der Waals surface area (Å²) in [5, 5.41) is -0.654. The molecule has 0 heterocycles. The van der Waals surface area contributed by atoms with Crippen molar-refractivity contribution in [3.63, 3.8) is 0 Å². The number of hydrogen-bond acceptors (Lipinski definition) is 3. The smallest absolute Gasteiger partial charge is 0.302 e. The third-order valence-electron chi connectivity index (χ3n) is 2.36. The summed E-state index contributed by atoms with van der Waals surface area (Å²) in [4.78, 5) is 22.2. The minimum Gasteiger partial charge on any atom is -0.461 e. The summed E-state index contributed by atoms with van der Waals surface area (Å²) >= 11 is 5.93. The number of hydrogen-bond donors (Lipinski definition) is 0. The number of halogens is 1. The van der Waals surface area contributed by atoms with Gasteiger partial charge >= 0.3 is 5.97 Å². The Kier molecular flexibility index (Phi) is 4.39. The summed E-state index contributed by atoms with van der Waals surface area (Å²) in [6.45, 7) is 1.34. The van der Waals surface area contributed by atoms with E-state index in [1.807, 2.05) is 0 Å². The van der Waals surface area contributed by atoms with Gasteiger partial charge in [-0.1, -0.05) is 6.42 Å². The maximum Gasteiger partial charge on any atom is 0.302 e. The zero-order valence-electron chi connectivity index (χ0n) is 8.29. The highest BCUT2D eigenvalue weighted by Gasteiger charge is 2.29. The molecule has 0 aromatic heterocycles. The van der Waals surface area contributed by atoms with E-state index in [4.69, 9.17) is 16.3 Å². The fourth-order valence-electron chi connectivity index (χ4n) is 1.64. The number of carbonyl (C=O) groups excluding carboxylic acids is 2. The van der Waals surface area contributed by atoms with Crippen LogP contribution in [-0.2, 0) is 14.3 Å². The monoisotopic (exact) mass is 218 g/mol. The average Bonchev–Trinajstić information content (AvgIpc) is 2.11. The van der Waals surface area contributed by atoms with Crippen LogP contribution in [0.1, 0.15) is 39.0 Å². The number of ketones is 1. The van der Waals surface area contributed by atoms with Gasteiger partial charge in [0.05, 0.1) is 0 Å². The lowest BCUT2D eigenvalue weighted by atomic mass is 9.97. The summed E-state index contributed by atoms with van der Waals surface area (Å²) in [5.74, 6) is -0.369. The van der Waals surface area contributed by atoms with Gasteiger partial charge in [0.15, 0.2) is 5.78 Å². The molecule has 0 bridgehead atoms. The molecule has 0 saturated heterocycles. The molecule has 0 aromatic rings. The lowest BCUT2D eigenvalue weighted by molar-refractivity contribution is -0.147. The fourth-order valence-corrected chi connectivity index (χ4v) is 1.93. The highest BCUT2D eigenvalue weighted by molar-refractivity contribution is 6.31. The van der Waals surface area contributed by atoms with Gasteiger partial charge in [-0.15, -0.1) is 11.6 Å². The molecule has 0 spiro atoms. The number of Topliss-reactive ketones (excluding diaryl/α,β-unsaturated/α-hetero) is 1. The van der Waals surface area contributed by atoms with Crippen LogP contribution in [0.25, 0.3) is 0 Å². The quantitative estimate of drug-likeness (QED) is 0.500. The normalized spacial score (nSPS) is 29.1. The van der Waals surface area contributed by atoms with Gasteiger partial charge in [0.25, 0.3) is 0 Å². The molecule has 0 N–H and O–H groups in total. The van der Waals surface area contributed by atoms with Gasteiger partial charge in [0, 0.05) is 13.3 Å². The standard InChI is InChI=1S/C10H15ClO3/c1-7(12)14-9-6-4-2-3-5-8(13)10(9)11/h9-10H,2-6H2,1H3/t9-,10-/m0/s1. The van der Waals surface area contributed by atoms with Crippen LogP contribution in [0.5, 0.6) is 0 Å². The third kappa shape index (κ3) is 3.29. The van der Waals surface area contributed by atoms with Gasteiger partial charge in [0.1, 0.15) is 11.5 Å². The van der Waals surface area contributed by atoms with Crippen LogP contribution in [0.3, 0.4) is 0 Å². The number of rotatable bonds is 1. The van der Waals surface area contributed by atoms with Crippen molar-refractivity contribution in [2.75, 3.05) is 0 Å². The number of alkyl halides is 1. The molecule has 4 heteroatoms. The zero-order chi connectivity index (χ0) is 10.6. The second-order valence-electron chi connectivity index (χ2n) is 3.62. The molecule has 1 saturated carbocycles. The van der Waals surface area contributed by atoms with Crippen LogP contribution in [0.2, 0.25) is 0 Å². The van der Waals surface area contributed by atoms with E-state index in [0.29, 0.717) is 12.8 Å². The molecular formula is C10H15ClO3. The van der Waals surface area contributed by atoms with Crippen LogP contribution < -0.4 is 0 Å². The van der Waals surface area contributed by atoms with Gasteiger partial charge in [-0.3, -0.25) is 9.59 Å². The van der Waals surface area contributed by atoms with Gasteiger partial charge in [-0.2, -0.15) is 0 Å². The molecule has 1 aliphatic rings. The molecule has 2 atom stereocenters. The second kappa shape index (κ2) is 5.35. The minimum absolute atomic E-state index is 0.00221. The van der Waals surface area contributed by atoms with E-state index < -0.39 is 11.5 Å². The number of ether oxygens (including phenoxy) is 1. The van der Waals surface area contributed by atoms with Crippen LogP contribution >= 0.6 is 11.6 Å². The Balaban J connectivity index is 2.58. The van der Waals surface area contributed by atoms with Crippen molar-refractivity contribution in [2.45, 2.75) is 50.5 Å². The van der Waals surface area contributed by atoms with Crippen molar-refractivity contribution in [3.05, 3.63) is 0 Å². The molecule has 14 heavy (non-hydrogen) atoms. The zero-order valence-corrected chi connectivity index (χ0v) is 9.05. The Morgan fingerprint density at radius 1 is 1.43 bits per heavy atom. The number of carbonyl (C=O) groups is 2. The van der Waals surface area contributed by atoms with Crippen LogP contribution in [-0.4, -0.2) is 23.2 Å². The Morgan fingerprint density at radius 2 is 2.14 bits per heavy atom. The molecule has 1 aliphatic carbocycles. The Hall–Kier alpha value is -0.570. The molecule has 0 radical (unpaired) electrons. The van der Waals surface area contributed by atoms with Gasteiger partial charge in [-0.05, 0) is 19.3 Å². The summed E-state index contributed by atoms with van der Waals surface area (Å²) in [6, 6.07) is 0. The maximum atomic E-state index is 11.4. The summed E-state index contributed by atoms with van der Waals surface area (Å²) in [5.41, 5.74) is 0. The number of esters is 1. The summed E-state index contributed by atoms with van der Waals surface area (Å²) < 4.78 is 5.02. The van der Waals surface area contributed by atoms with Gasteiger partial charge in [-0.25, -0.2) is 0 Å². The van der Waals surface area contributed by atoms with E-state index in [1.165, 1.54) is 6.92 Å². The van der Waals surface area contributed by atoms with E-state index in [2.05, 4.69) is 0 Å². The molecule has 80 valence electrons. The molecular weight excluding hydrogens is 204 g/mol. The van der Waals surface area contributed by atoms with Crippen LogP contribution in [0.15, 0.2) is 0 Å². The average molecular weight is 219 g/mol. The van der Waals surface area contributed by atoms with E-state index >= 15 is 0 Å². The second-order valence-corrected chi connectivity index (χ2v) is 4.09. The van der Waals surface area contributed by atoms with Crippen LogP contribution in [0.4, 0.5) is 0 Å². The summed E-state index contributed by atoms with van der Waals surface area (Å²) in [6.07, 6.45) is 3.64. The molecule has 1 fully saturated rings. The molecule has 0 aromatic carbocycles. The largest absolute Gasteiger partial charge is 0.461 e. The predicted octanol–water partition coefficient (Wildman–Crippen LogP) is 2.06. The Morgan fingerprint density at radius 3 is 2.79 bits per heavy atom.